The predicted octanol–water partition coefficient (Wildman–Crippen LogP) is 3.60. The van der Waals surface area contributed by atoms with Gasteiger partial charge >= 0.3 is 5.97 Å². The fourth-order valence-corrected chi connectivity index (χ4v) is 2.49. The van der Waals surface area contributed by atoms with Gasteiger partial charge in [0.25, 0.3) is 0 Å². The van der Waals surface area contributed by atoms with E-state index in [9.17, 15) is 9.59 Å². The number of aromatic nitrogens is 1. The lowest BCUT2D eigenvalue weighted by Crippen LogP contribution is -2.06. The smallest absolute Gasteiger partial charge is 0.339 e. The number of pyridine rings is 1. The average Bonchev–Trinajstić information content (AvgIpc) is 2.93. The van der Waals surface area contributed by atoms with Crippen LogP contribution >= 0.6 is 0 Å². The molecule has 2 heterocycles. The second kappa shape index (κ2) is 5.85. The standard InChI is InChI=1S/C18H15NO3/c1-2-22-18(21)14-8-9-15-10-16(13-6-4-3-5-7-13)17(12-20)19(15)11-14/h3-12H,2H2,1H3. The lowest BCUT2D eigenvalue weighted by Gasteiger charge is -2.04. The minimum absolute atomic E-state index is 0.318. The molecule has 0 fully saturated rings. The van der Waals surface area contributed by atoms with Crippen molar-refractivity contribution in [1.82, 2.24) is 4.40 Å². The molecular weight excluding hydrogens is 278 g/mol. The highest BCUT2D eigenvalue weighted by molar-refractivity contribution is 5.93. The molecular formula is C18H15NO3. The number of fused-ring (bicyclic) bond motifs is 1. The third kappa shape index (κ3) is 2.39. The number of aldehydes is 1. The van der Waals surface area contributed by atoms with Crippen LogP contribution in [0.4, 0.5) is 0 Å². The maximum atomic E-state index is 11.8. The summed E-state index contributed by atoms with van der Waals surface area (Å²) >= 11 is 0. The topological polar surface area (TPSA) is 47.8 Å². The van der Waals surface area contributed by atoms with E-state index < -0.39 is 5.97 Å². The van der Waals surface area contributed by atoms with Crippen LogP contribution in [0.1, 0.15) is 27.8 Å². The van der Waals surface area contributed by atoms with Gasteiger partial charge in [0.2, 0.25) is 0 Å². The molecule has 4 heteroatoms. The van der Waals surface area contributed by atoms with Gasteiger partial charge in [0, 0.05) is 17.3 Å². The van der Waals surface area contributed by atoms with Crippen LogP contribution in [0.5, 0.6) is 0 Å². The summed E-state index contributed by atoms with van der Waals surface area (Å²) in [6.45, 7) is 2.08. The van der Waals surface area contributed by atoms with E-state index in [1.165, 1.54) is 0 Å². The van der Waals surface area contributed by atoms with Gasteiger partial charge in [0.15, 0.2) is 6.29 Å². The van der Waals surface area contributed by atoms with E-state index in [0.29, 0.717) is 17.9 Å². The normalized spacial score (nSPS) is 10.6. The molecule has 0 saturated carbocycles. The first kappa shape index (κ1) is 14.1. The van der Waals surface area contributed by atoms with Crippen molar-refractivity contribution in [1.29, 1.82) is 0 Å². The van der Waals surface area contributed by atoms with Gasteiger partial charge in [-0.2, -0.15) is 0 Å². The monoisotopic (exact) mass is 293 g/mol. The van der Waals surface area contributed by atoms with Crippen molar-refractivity contribution in [3.63, 3.8) is 0 Å². The molecule has 0 bridgehead atoms. The van der Waals surface area contributed by atoms with Crippen molar-refractivity contribution >= 4 is 17.8 Å². The average molecular weight is 293 g/mol. The highest BCUT2D eigenvalue weighted by Crippen LogP contribution is 2.27. The van der Waals surface area contributed by atoms with Crippen LogP contribution in [-0.2, 0) is 4.74 Å². The largest absolute Gasteiger partial charge is 0.462 e. The Morgan fingerprint density at radius 3 is 2.64 bits per heavy atom. The summed E-state index contributed by atoms with van der Waals surface area (Å²) in [5, 5.41) is 0. The van der Waals surface area contributed by atoms with E-state index in [4.69, 9.17) is 4.74 Å². The molecule has 0 radical (unpaired) electrons. The molecule has 2 aromatic heterocycles. The first-order valence-electron chi connectivity index (χ1n) is 7.07. The van der Waals surface area contributed by atoms with Gasteiger partial charge in [-0.25, -0.2) is 4.79 Å². The Labute approximate surface area is 128 Å². The van der Waals surface area contributed by atoms with Gasteiger partial charge < -0.3 is 9.14 Å². The number of carbonyl (C=O) groups excluding carboxylic acids is 2. The number of hydrogen-bond donors (Lipinski definition) is 0. The minimum atomic E-state index is -0.392. The quantitative estimate of drug-likeness (QED) is 0.545. The molecule has 110 valence electrons. The second-order valence-corrected chi connectivity index (χ2v) is 4.86. The number of nitrogens with zero attached hydrogens (tertiary/aromatic N) is 1. The van der Waals surface area contributed by atoms with Crippen LogP contribution in [0, 0.1) is 0 Å². The van der Waals surface area contributed by atoms with Crippen molar-refractivity contribution in [2.75, 3.05) is 6.61 Å². The van der Waals surface area contributed by atoms with E-state index in [1.807, 2.05) is 42.5 Å². The van der Waals surface area contributed by atoms with E-state index in [1.54, 1.807) is 23.6 Å². The summed E-state index contributed by atoms with van der Waals surface area (Å²) < 4.78 is 6.72. The Morgan fingerprint density at radius 2 is 1.95 bits per heavy atom. The highest BCUT2D eigenvalue weighted by atomic mass is 16.5. The number of ether oxygens (including phenoxy) is 1. The zero-order valence-corrected chi connectivity index (χ0v) is 12.2. The summed E-state index contributed by atoms with van der Waals surface area (Å²) in [7, 11) is 0. The first-order valence-corrected chi connectivity index (χ1v) is 7.07. The summed E-state index contributed by atoms with van der Waals surface area (Å²) in [5.41, 5.74) is 3.61. The Morgan fingerprint density at radius 1 is 1.18 bits per heavy atom. The molecule has 4 nitrogen and oxygen atoms in total. The summed E-state index contributed by atoms with van der Waals surface area (Å²) in [5.74, 6) is -0.392. The highest BCUT2D eigenvalue weighted by Gasteiger charge is 2.14. The van der Waals surface area contributed by atoms with Crippen LogP contribution in [-0.4, -0.2) is 23.3 Å². The number of benzene rings is 1. The molecule has 0 aliphatic rings. The molecule has 0 unspecified atom stereocenters. The van der Waals surface area contributed by atoms with Crippen molar-refractivity contribution in [2.45, 2.75) is 6.92 Å². The fourth-order valence-electron chi connectivity index (χ4n) is 2.49. The molecule has 3 rings (SSSR count). The third-order valence-electron chi connectivity index (χ3n) is 3.52. The van der Waals surface area contributed by atoms with Crippen LogP contribution in [0.2, 0.25) is 0 Å². The fraction of sp³-hybridized carbons (Fsp3) is 0.111. The molecule has 0 aliphatic heterocycles. The van der Waals surface area contributed by atoms with Crippen molar-refractivity contribution in [3.8, 4) is 11.1 Å². The second-order valence-electron chi connectivity index (χ2n) is 4.86. The molecule has 0 N–H and O–H groups in total. The molecule has 0 saturated heterocycles. The first-order chi connectivity index (χ1) is 10.7. The Balaban J connectivity index is 2.17. The number of esters is 1. The lowest BCUT2D eigenvalue weighted by atomic mass is 10.1. The van der Waals surface area contributed by atoms with E-state index in [2.05, 4.69) is 0 Å². The number of carbonyl (C=O) groups is 2. The van der Waals surface area contributed by atoms with Gasteiger partial charge in [-0.3, -0.25) is 4.79 Å². The van der Waals surface area contributed by atoms with Crippen LogP contribution in [0.15, 0.2) is 54.7 Å². The Kier molecular flexibility index (Phi) is 3.74. The zero-order valence-electron chi connectivity index (χ0n) is 12.2. The number of hydrogen-bond acceptors (Lipinski definition) is 3. The van der Waals surface area contributed by atoms with Gasteiger partial charge in [-0.15, -0.1) is 0 Å². The van der Waals surface area contributed by atoms with Crippen LogP contribution in [0.25, 0.3) is 16.6 Å². The Bertz CT molecular complexity index is 834. The molecule has 0 spiro atoms. The van der Waals surface area contributed by atoms with Gasteiger partial charge in [0.1, 0.15) is 0 Å². The van der Waals surface area contributed by atoms with E-state index in [-0.39, 0.29) is 0 Å². The predicted molar refractivity (Wildman–Crippen MR) is 84.2 cm³/mol. The van der Waals surface area contributed by atoms with Gasteiger partial charge in [0.05, 0.1) is 17.9 Å². The molecule has 0 aliphatic carbocycles. The molecule has 22 heavy (non-hydrogen) atoms. The summed E-state index contributed by atoms with van der Waals surface area (Å²) in [4.78, 5) is 23.4. The van der Waals surface area contributed by atoms with Crippen molar-refractivity contribution in [3.05, 3.63) is 66.0 Å². The van der Waals surface area contributed by atoms with Crippen LogP contribution in [0.3, 0.4) is 0 Å². The number of rotatable bonds is 4. The molecule has 0 amide bonds. The molecule has 0 atom stereocenters. The lowest BCUT2D eigenvalue weighted by molar-refractivity contribution is 0.0525. The summed E-state index contributed by atoms with van der Waals surface area (Å²) in [6.07, 6.45) is 2.45. The molecule has 1 aromatic carbocycles. The van der Waals surface area contributed by atoms with Crippen molar-refractivity contribution in [2.24, 2.45) is 0 Å². The third-order valence-corrected chi connectivity index (χ3v) is 3.52. The maximum absolute atomic E-state index is 11.8. The van der Waals surface area contributed by atoms with Crippen LogP contribution < -0.4 is 0 Å². The Hall–Kier alpha value is -2.88. The van der Waals surface area contributed by atoms with E-state index >= 15 is 0 Å². The summed E-state index contributed by atoms with van der Waals surface area (Å²) in [6, 6.07) is 15.1. The van der Waals surface area contributed by atoms with Gasteiger partial charge in [-0.1, -0.05) is 30.3 Å². The van der Waals surface area contributed by atoms with E-state index in [0.717, 1.165) is 22.9 Å². The SMILES string of the molecule is CCOC(=O)c1ccc2cc(-c3ccccc3)c(C=O)n2c1. The van der Waals surface area contributed by atoms with Crippen molar-refractivity contribution < 1.29 is 14.3 Å². The minimum Gasteiger partial charge on any atom is -0.462 e. The maximum Gasteiger partial charge on any atom is 0.339 e. The van der Waals surface area contributed by atoms with Gasteiger partial charge in [-0.05, 0) is 30.7 Å². The zero-order chi connectivity index (χ0) is 15.5. The molecule has 3 aromatic rings.